The van der Waals surface area contributed by atoms with Gasteiger partial charge in [0.25, 0.3) is 0 Å². The summed E-state index contributed by atoms with van der Waals surface area (Å²) in [6, 6.07) is 98.3. The maximum absolute atomic E-state index is 6.48. The lowest BCUT2D eigenvalue weighted by atomic mass is 10.4. The maximum atomic E-state index is 6.48. The molecule has 0 bridgehead atoms. The van der Waals surface area contributed by atoms with Crippen LogP contribution < -0.4 is 47.7 Å². The minimum absolute atomic E-state index is 1.17. The second-order valence-electron chi connectivity index (χ2n) is 14.5. The third kappa shape index (κ3) is 8.05. The molecule has 0 saturated carbocycles. The van der Waals surface area contributed by atoms with Crippen molar-refractivity contribution in [2.75, 3.05) is 0 Å². The van der Waals surface area contributed by atoms with Gasteiger partial charge in [0.15, 0.2) is 0 Å². The van der Waals surface area contributed by atoms with Gasteiger partial charge >= 0.3 is 8.37 Å². The van der Waals surface area contributed by atoms with Crippen molar-refractivity contribution in [2.45, 2.75) is 0 Å². The third-order valence-electron chi connectivity index (χ3n) is 10.9. The van der Waals surface area contributed by atoms with Gasteiger partial charge in [0.1, 0.15) is 21.2 Å². The van der Waals surface area contributed by atoms with Gasteiger partial charge in [0.05, 0.1) is 0 Å². The Kier molecular flexibility index (Phi) is 12.5. The van der Waals surface area contributed by atoms with Crippen molar-refractivity contribution in [3.63, 3.8) is 0 Å². The van der Waals surface area contributed by atoms with E-state index in [9.17, 15) is 0 Å². The lowest BCUT2D eigenvalue weighted by Crippen LogP contribution is -2.26. The SMILES string of the molecule is c1ccc(P(=N[PH+](N=P(c2ccccc2)(c2ccccc2)c2ccccc2)N=P(c2ccccc2)(c2ccccc2)c2ccccc2)(c2ccccc2)c2ccccc2)cc1. The Bertz CT molecular complexity index is 2320. The first-order valence-electron chi connectivity index (χ1n) is 20.5. The fourth-order valence-electron chi connectivity index (χ4n) is 8.12. The first-order valence-corrected chi connectivity index (χ1v) is 27.0. The summed E-state index contributed by atoms with van der Waals surface area (Å²) in [5, 5.41) is 10.6. The van der Waals surface area contributed by atoms with Crippen LogP contribution in [-0.4, -0.2) is 0 Å². The molecular formula is C54H46N3P4+. The number of hydrogen-bond acceptors (Lipinski definition) is 3. The molecule has 7 heteroatoms. The summed E-state index contributed by atoms with van der Waals surface area (Å²) in [5.41, 5.74) is 0. The van der Waals surface area contributed by atoms with Crippen molar-refractivity contribution in [2.24, 2.45) is 13.5 Å². The smallest absolute Gasteiger partial charge is 0.0859 e. The number of nitrogens with zero attached hydrogens (tertiary/aromatic N) is 3. The molecule has 9 aromatic carbocycles. The molecule has 3 nitrogen and oxygen atoms in total. The summed E-state index contributed by atoms with van der Waals surface area (Å²) in [7, 11) is -11.0. The van der Waals surface area contributed by atoms with Crippen molar-refractivity contribution in [1.29, 1.82) is 0 Å². The highest BCUT2D eigenvalue weighted by atomic mass is 31.2. The Hall–Kier alpha value is -5.90. The lowest BCUT2D eigenvalue weighted by Gasteiger charge is -2.29. The topological polar surface area (TPSA) is 37.1 Å². The Morgan fingerprint density at radius 3 is 0.410 bits per heavy atom. The second kappa shape index (κ2) is 18.8. The van der Waals surface area contributed by atoms with Gasteiger partial charge in [0, 0.05) is 47.7 Å². The third-order valence-corrected chi connectivity index (χ3v) is 26.0. The molecule has 0 atom stereocenters. The van der Waals surface area contributed by atoms with Gasteiger partial charge < -0.3 is 0 Å². The molecule has 0 N–H and O–H groups in total. The van der Waals surface area contributed by atoms with Crippen molar-refractivity contribution in [3.8, 4) is 0 Å². The van der Waals surface area contributed by atoms with Crippen LogP contribution in [0.4, 0.5) is 0 Å². The molecular weight excluding hydrogens is 815 g/mol. The summed E-state index contributed by atoms with van der Waals surface area (Å²) in [4.78, 5) is 0. The summed E-state index contributed by atoms with van der Waals surface area (Å²) in [6.45, 7) is 0. The van der Waals surface area contributed by atoms with E-state index in [0.717, 1.165) is 0 Å². The average molecular weight is 861 g/mol. The van der Waals surface area contributed by atoms with Gasteiger partial charge in [-0.15, -0.1) is 0 Å². The molecule has 296 valence electrons. The van der Waals surface area contributed by atoms with E-state index in [1.807, 2.05) is 0 Å². The molecule has 0 amide bonds. The van der Waals surface area contributed by atoms with E-state index in [2.05, 4.69) is 273 Å². The van der Waals surface area contributed by atoms with Crippen LogP contribution in [0, 0.1) is 0 Å². The first kappa shape index (κ1) is 40.5. The Labute approximate surface area is 362 Å². The number of benzene rings is 9. The van der Waals surface area contributed by atoms with Crippen LogP contribution in [0.15, 0.2) is 287 Å². The second-order valence-corrected chi connectivity index (χ2v) is 26.0. The normalized spacial score (nSPS) is 11.8. The van der Waals surface area contributed by atoms with Crippen LogP contribution >= 0.6 is 29.5 Å². The van der Waals surface area contributed by atoms with Gasteiger partial charge in [-0.25, -0.2) is 0 Å². The van der Waals surface area contributed by atoms with Gasteiger partial charge in [-0.05, 0) is 0 Å². The van der Waals surface area contributed by atoms with E-state index in [-0.39, 0.29) is 0 Å². The predicted octanol–water partition coefficient (Wildman–Crippen LogP) is 11.5. The molecule has 0 heterocycles. The van der Waals surface area contributed by atoms with E-state index in [0.29, 0.717) is 0 Å². The number of hydrogen-bond donors (Lipinski definition) is 0. The van der Waals surface area contributed by atoms with Crippen LogP contribution in [0.25, 0.3) is 0 Å². The Morgan fingerprint density at radius 1 is 0.180 bits per heavy atom. The maximum Gasteiger partial charge on any atom is 0.349 e. The van der Waals surface area contributed by atoms with Crippen LogP contribution in [0.1, 0.15) is 0 Å². The van der Waals surface area contributed by atoms with E-state index in [1.165, 1.54) is 47.7 Å². The molecule has 0 spiro atoms. The average Bonchev–Trinajstić information content (AvgIpc) is 3.36. The molecule has 0 fully saturated rings. The zero-order valence-corrected chi connectivity index (χ0v) is 37.3. The van der Waals surface area contributed by atoms with E-state index in [4.69, 9.17) is 13.5 Å². The molecule has 61 heavy (non-hydrogen) atoms. The van der Waals surface area contributed by atoms with Crippen LogP contribution in [-0.2, 0) is 0 Å². The van der Waals surface area contributed by atoms with Crippen LogP contribution in [0.2, 0.25) is 0 Å². The van der Waals surface area contributed by atoms with E-state index in [1.54, 1.807) is 0 Å². The monoisotopic (exact) mass is 860 g/mol. The summed E-state index contributed by atoms with van der Waals surface area (Å²) < 4.78 is 19.4. The summed E-state index contributed by atoms with van der Waals surface area (Å²) >= 11 is 0. The van der Waals surface area contributed by atoms with Crippen molar-refractivity contribution in [3.05, 3.63) is 273 Å². The highest BCUT2D eigenvalue weighted by molar-refractivity contribution is 7.96. The van der Waals surface area contributed by atoms with Gasteiger partial charge in [-0.1, -0.05) is 287 Å². The molecule has 9 rings (SSSR count). The lowest BCUT2D eigenvalue weighted by molar-refractivity contribution is 1.65. The zero-order valence-electron chi connectivity index (χ0n) is 33.7. The Balaban J connectivity index is 1.57. The van der Waals surface area contributed by atoms with Crippen LogP contribution in [0.5, 0.6) is 0 Å². The van der Waals surface area contributed by atoms with Crippen molar-refractivity contribution in [1.82, 2.24) is 0 Å². The standard InChI is InChI=1S/C54H45N3P4/c1-10-28-46(29-11-1)59(47-30-12-2-13-31-47,48-32-14-3-15-33-48)55-58(56-60(49-34-16-4-17-35-49,50-36-18-5-19-37-50)51-38-20-6-21-39-51)57-61(52-40-22-7-23-41-52,53-42-24-8-25-43-53)54-44-26-9-27-45-54/h1-45H/p+1. The first-order chi connectivity index (χ1) is 30.2. The largest absolute Gasteiger partial charge is 0.349 e. The molecule has 0 aliphatic carbocycles. The van der Waals surface area contributed by atoms with E-state index < -0.39 is 29.5 Å². The quantitative estimate of drug-likeness (QED) is 0.110. The molecule has 0 aromatic heterocycles. The van der Waals surface area contributed by atoms with Crippen molar-refractivity contribution < 1.29 is 0 Å². The van der Waals surface area contributed by atoms with Gasteiger partial charge in [0.2, 0.25) is 0 Å². The van der Waals surface area contributed by atoms with Gasteiger partial charge in [-0.3, -0.25) is 0 Å². The summed E-state index contributed by atoms with van der Waals surface area (Å²) in [5.74, 6) is 0. The number of rotatable bonds is 12. The highest BCUT2D eigenvalue weighted by Gasteiger charge is 2.40. The van der Waals surface area contributed by atoms with Gasteiger partial charge in [-0.2, -0.15) is 0 Å². The molecule has 0 radical (unpaired) electrons. The molecule has 0 aliphatic heterocycles. The zero-order chi connectivity index (χ0) is 41.2. The van der Waals surface area contributed by atoms with Crippen LogP contribution in [0.3, 0.4) is 0 Å². The minimum atomic E-state index is -2.81. The van der Waals surface area contributed by atoms with Crippen molar-refractivity contribution >= 4 is 77.3 Å². The summed E-state index contributed by atoms with van der Waals surface area (Å²) in [6.07, 6.45) is 0. The Morgan fingerprint density at radius 2 is 0.295 bits per heavy atom. The van der Waals surface area contributed by atoms with E-state index >= 15 is 0 Å². The fourth-order valence-corrected chi connectivity index (χ4v) is 25.2. The minimum Gasteiger partial charge on any atom is -0.0859 e. The predicted molar refractivity (Wildman–Crippen MR) is 271 cm³/mol. The highest BCUT2D eigenvalue weighted by Crippen LogP contribution is 2.67. The molecule has 9 aromatic rings. The molecule has 0 aliphatic rings. The molecule has 0 unspecified atom stereocenters. The molecule has 0 saturated heterocycles. The fraction of sp³-hybridized carbons (Fsp3) is 0.